The number of benzene rings is 3. The second kappa shape index (κ2) is 11.7. The molecule has 2 amide bonds. The number of alkyl halides is 3. The normalized spacial score (nSPS) is 12.1. The molecule has 0 saturated carbocycles. The lowest BCUT2D eigenvalue weighted by Gasteiger charge is -2.25. The fraction of sp³-hybridized carbons (Fsp3) is 0.160. The maximum absolute atomic E-state index is 13.5. The van der Waals surface area contributed by atoms with Crippen molar-refractivity contribution < 1.29 is 31.2 Å². The van der Waals surface area contributed by atoms with Crippen molar-refractivity contribution in [1.82, 2.24) is 5.43 Å². The molecular weight excluding hydrogens is 545 g/mol. The second-order valence-electron chi connectivity index (χ2n) is 7.98. The molecule has 3 rings (SSSR count). The van der Waals surface area contributed by atoms with Crippen molar-refractivity contribution in [2.75, 3.05) is 16.2 Å². The molecule has 0 aliphatic rings. The van der Waals surface area contributed by atoms with E-state index in [9.17, 15) is 31.2 Å². The van der Waals surface area contributed by atoms with Crippen molar-refractivity contribution in [1.29, 1.82) is 0 Å². The highest BCUT2D eigenvalue weighted by atomic mass is 35.5. The fourth-order valence-electron chi connectivity index (χ4n) is 3.32. The van der Waals surface area contributed by atoms with Gasteiger partial charge in [0.2, 0.25) is 5.91 Å². The van der Waals surface area contributed by atoms with E-state index < -0.39 is 44.9 Å². The Bertz CT molecular complexity index is 1480. The Labute approximate surface area is 222 Å². The summed E-state index contributed by atoms with van der Waals surface area (Å²) in [6.07, 6.45) is -4.86. The number of anilines is 2. The van der Waals surface area contributed by atoms with Crippen LogP contribution in [0.5, 0.6) is 0 Å². The lowest BCUT2D eigenvalue weighted by Crippen LogP contribution is -2.40. The van der Waals surface area contributed by atoms with Gasteiger partial charge in [-0.25, -0.2) is 13.8 Å². The average Bonchev–Trinajstić information content (AvgIpc) is 2.86. The van der Waals surface area contributed by atoms with Gasteiger partial charge in [0.05, 0.1) is 26.9 Å². The molecule has 38 heavy (non-hydrogen) atoms. The summed E-state index contributed by atoms with van der Waals surface area (Å²) in [5.74, 6) is -1.19. The molecule has 0 aliphatic heterocycles. The van der Waals surface area contributed by atoms with Crippen LogP contribution in [0.1, 0.15) is 25.0 Å². The molecule has 13 heteroatoms. The molecule has 0 spiro atoms. The molecule has 0 bridgehead atoms. The zero-order valence-electron chi connectivity index (χ0n) is 20.1. The number of nitrogens with zero attached hydrogens (tertiary/aromatic N) is 2. The Morgan fingerprint density at radius 2 is 1.66 bits per heavy atom. The van der Waals surface area contributed by atoms with E-state index in [0.717, 1.165) is 12.1 Å². The van der Waals surface area contributed by atoms with Crippen LogP contribution in [0, 0.1) is 0 Å². The highest BCUT2D eigenvalue weighted by molar-refractivity contribution is 7.92. The van der Waals surface area contributed by atoms with Crippen molar-refractivity contribution in [3.05, 3.63) is 88.9 Å². The van der Waals surface area contributed by atoms with Gasteiger partial charge in [-0.3, -0.25) is 13.9 Å². The first-order valence-electron chi connectivity index (χ1n) is 10.9. The smallest absolute Gasteiger partial charge is 0.326 e. The summed E-state index contributed by atoms with van der Waals surface area (Å²) < 4.78 is 67.7. The number of hydrogen-bond acceptors (Lipinski definition) is 5. The van der Waals surface area contributed by atoms with E-state index in [1.54, 1.807) is 37.3 Å². The first kappa shape index (κ1) is 28.7. The van der Waals surface area contributed by atoms with Gasteiger partial charge in [0.15, 0.2) is 0 Å². The van der Waals surface area contributed by atoms with Crippen molar-refractivity contribution >= 4 is 50.5 Å². The van der Waals surface area contributed by atoms with E-state index in [4.69, 9.17) is 11.6 Å². The molecule has 3 aromatic carbocycles. The van der Waals surface area contributed by atoms with Crippen molar-refractivity contribution in [2.24, 2.45) is 5.10 Å². The zero-order chi connectivity index (χ0) is 28.1. The third-order valence-electron chi connectivity index (χ3n) is 5.11. The molecule has 2 N–H and O–H groups in total. The number of nitrogens with one attached hydrogen (secondary N) is 2. The number of carbonyl (C=O) groups excluding carboxylic acids is 2. The predicted octanol–water partition coefficient (Wildman–Crippen LogP) is 5.05. The summed E-state index contributed by atoms with van der Waals surface area (Å²) in [4.78, 5) is 23.8. The average molecular weight is 567 g/mol. The van der Waals surface area contributed by atoms with Gasteiger partial charge in [0.1, 0.15) is 6.54 Å². The van der Waals surface area contributed by atoms with E-state index in [0.29, 0.717) is 27.3 Å². The Kier molecular flexibility index (Phi) is 8.79. The zero-order valence-corrected chi connectivity index (χ0v) is 21.7. The highest BCUT2D eigenvalue weighted by Crippen LogP contribution is 2.38. The van der Waals surface area contributed by atoms with Crippen LogP contribution in [0.15, 0.2) is 82.8 Å². The Balaban J connectivity index is 1.93. The molecule has 3 aromatic rings. The Morgan fingerprint density at radius 3 is 2.29 bits per heavy atom. The standard InChI is InChI=1S/C25H22ClF3N4O4S/c1-16(18-7-6-8-19(13-18)30-17(2)34)31-32-24(35)15-33(38(36,37)21-9-4-3-5-10-21)20-11-12-23(26)22(14-20)25(27,28)29/h3-14H,15H2,1-2H3,(H,30,34)(H,32,35)/b31-16+. The molecular formula is C25H22ClF3N4O4S. The molecule has 0 saturated heterocycles. The molecule has 0 aliphatic carbocycles. The molecule has 0 atom stereocenters. The second-order valence-corrected chi connectivity index (χ2v) is 10.3. The maximum Gasteiger partial charge on any atom is 0.417 e. The largest absolute Gasteiger partial charge is 0.417 e. The first-order chi connectivity index (χ1) is 17.8. The third-order valence-corrected chi connectivity index (χ3v) is 7.23. The van der Waals surface area contributed by atoms with Gasteiger partial charge >= 0.3 is 6.18 Å². The molecule has 8 nitrogen and oxygen atoms in total. The topological polar surface area (TPSA) is 108 Å². The molecule has 0 unspecified atom stereocenters. The summed E-state index contributed by atoms with van der Waals surface area (Å²) in [5, 5.41) is 5.96. The van der Waals surface area contributed by atoms with E-state index >= 15 is 0 Å². The molecule has 0 radical (unpaired) electrons. The van der Waals surface area contributed by atoms with Crippen LogP contribution >= 0.6 is 11.6 Å². The number of rotatable bonds is 8. The van der Waals surface area contributed by atoms with Gasteiger partial charge in [-0.15, -0.1) is 0 Å². The van der Waals surface area contributed by atoms with Gasteiger partial charge < -0.3 is 5.32 Å². The van der Waals surface area contributed by atoms with E-state index in [-0.39, 0.29) is 10.8 Å². The minimum atomic E-state index is -4.86. The summed E-state index contributed by atoms with van der Waals surface area (Å²) in [6.45, 7) is 2.04. The van der Waals surface area contributed by atoms with Crippen LogP contribution in [-0.2, 0) is 25.8 Å². The number of carbonyl (C=O) groups is 2. The summed E-state index contributed by atoms with van der Waals surface area (Å²) in [7, 11) is -4.46. The minimum Gasteiger partial charge on any atom is -0.326 e. The predicted molar refractivity (Wildman–Crippen MR) is 139 cm³/mol. The molecule has 200 valence electrons. The summed E-state index contributed by atoms with van der Waals surface area (Å²) in [5.41, 5.74) is 1.94. The number of sulfonamides is 1. The minimum absolute atomic E-state index is 0.231. The first-order valence-corrected chi connectivity index (χ1v) is 12.8. The van der Waals surface area contributed by atoms with Crippen molar-refractivity contribution in [2.45, 2.75) is 24.9 Å². The third kappa shape index (κ3) is 7.11. The summed E-state index contributed by atoms with van der Waals surface area (Å²) >= 11 is 5.70. The SMILES string of the molecule is CC(=O)Nc1cccc(/C(C)=N/NC(=O)CN(c2ccc(Cl)c(C(F)(F)F)c2)S(=O)(=O)c2ccccc2)c1. The van der Waals surface area contributed by atoms with E-state index in [1.165, 1.54) is 31.2 Å². The van der Waals surface area contributed by atoms with Gasteiger partial charge in [-0.05, 0) is 55.0 Å². The number of hydrogen-bond donors (Lipinski definition) is 2. The van der Waals surface area contributed by atoms with Gasteiger partial charge in [-0.2, -0.15) is 18.3 Å². The number of hydrazone groups is 1. The van der Waals surface area contributed by atoms with E-state index in [1.807, 2.05) is 0 Å². The summed E-state index contributed by atoms with van der Waals surface area (Å²) in [6, 6.07) is 16.1. The quantitative estimate of drug-likeness (QED) is 0.294. The van der Waals surface area contributed by atoms with Crippen LogP contribution in [0.3, 0.4) is 0 Å². The van der Waals surface area contributed by atoms with Crippen molar-refractivity contribution in [3.63, 3.8) is 0 Å². The molecule has 0 fully saturated rings. The Hall–Kier alpha value is -3.90. The lowest BCUT2D eigenvalue weighted by atomic mass is 10.1. The van der Waals surface area contributed by atoms with Gasteiger partial charge in [0, 0.05) is 12.6 Å². The van der Waals surface area contributed by atoms with Crippen molar-refractivity contribution in [3.8, 4) is 0 Å². The monoisotopic (exact) mass is 566 g/mol. The lowest BCUT2D eigenvalue weighted by molar-refractivity contribution is -0.137. The van der Waals surface area contributed by atoms with Crippen LogP contribution in [0.4, 0.5) is 24.5 Å². The highest BCUT2D eigenvalue weighted by Gasteiger charge is 2.35. The fourth-order valence-corrected chi connectivity index (χ4v) is 4.98. The van der Waals surface area contributed by atoms with Gasteiger partial charge in [0.25, 0.3) is 15.9 Å². The van der Waals surface area contributed by atoms with E-state index in [2.05, 4.69) is 15.8 Å². The molecule has 0 heterocycles. The Morgan fingerprint density at radius 1 is 0.974 bits per heavy atom. The van der Waals surface area contributed by atoms with Crippen LogP contribution in [0.25, 0.3) is 0 Å². The number of halogens is 4. The number of amides is 2. The van der Waals surface area contributed by atoms with Crippen LogP contribution in [0.2, 0.25) is 5.02 Å². The van der Waals surface area contributed by atoms with Gasteiger partial charge in [-0.1, -0.05) is 41.9 Å². The van der Waals surface area contributed by atoms with Crippen LogP contribution in [-0.4, -0.2) is 32.5 Å². The van der Waals surface area contributed by atoms with Crippen LogP contribution < -0.4 is 15.0 Å². The maximum atomic E-state index is 13.5. The molecule has 0 aromatic heterocycles.